The van der Waals surface area contributed by atoms with Gasteiger partial charge in [-0.15, -0.1) is 0 Å². The number of aromatic nitrogens is 1. The summed E-state index contributed by atoms with van der Waals surface area (Å²) in [7, 11) is 0. The number of hydrogen-bond acceptors (Lipinski definition) is 6. The highest BCUT2D eigenvalue weighted by Gasteiger charge is 2.12. The highest BCUT2D eigenvalue weighted by Crippen LogP contribution is 2.29. The van der Waals surface area contributed by atoms with E-state index < -0.39 is 0 Å². The zero-order chi connectivity index (χ0) is 25.9. The Labute approximate surface area is 222 Å². The van der Waals surface area contributed by atoms with Crippen LogP contribution in [0, 0.1) is 0 Å². The number of fused-ring (bicyclic) bond motifs is 1. The second-order valence-electron chi connectivity index (χ2n) is 9.20. The fourth-order valence-corrected chi connectivity index (χ4v) is 5.25. The van der Waals surface area contributed by atoms with Crippen molar-refractivity contribution >= 4 is 21.6 Å². The molecule has 3 N–H and O–H groups in total. The molecule has 0 amide bonds. The van der Waals surface area contributed by atoms with Crippen LogP contribution in [-0.4, -0.2) is 29.8 Å². The van der Waals surface area contributed by atoms with Gasteiger partial charge in [0.05, 0.1) is 10.8 Å². The molecule has 7 heteroatoms. The number of H-pyrrole nitrogens is 1. The lowest BCUT2D eigenvalue weighted by atomic mass is 10.1. The maximum Gasteiger partial charge on any atom is 0.305 e. The summed E-state index contributed by atoms with van der Waals surface area (Å²) in [4.78, 5) is 14.2. The van der Waals surface area contributed by atoms with E-state index in [9.17, 15) is 9.90 Å². The van der Waals surface area contributed by atoms with Crippen molar-refractivity contribution in [1.29, 1.82) is 0 Å². The Bertz CT molecular complexity index is 1300. The Balaban J connectivity index is 1.08. The van der Waals surface area contributed by atoms with Crippen LogP contribution in [0.25, 0.3) is 10.2 Å². The molecule has 0 aliphatic carbocycles. The number of rotatable bonds is 15. The molecule has 3 aromatic carbocycles. The minimum absolute atomic E-state index is 0.0151. The Hall–Kier alpha value is -3.13. The molecule has 0 aliphatic heterocycles. The van der Waals surface area contributed by atoms with E-state index in [-0.39, 0.29) is 16.7 Å². The van der Waals surface area contributed by atoms with Crippen molar-refractivity contribution in [2.45, 2.75) is 51.7 Å². The molecular weight excluding hydrogens is 484 g/mol. The predicted octanol–water partition coefficient (Wildman–Crippen LogP) is 6.34. The zero-order valence-corrected chi connectivity index (χ0v) is 22.2. The lowest BCUT2D eigenvalue weighted by molar-refractivity contribution is 0.0604. The number of para-hydroxylation sites is 1. The van der Waals surface area contributed by atoms with Crippen LogP contribution in [0.2, 0.25) is 0 Å². The highest BCUT2D eigenvalue weighted by molar-refractivity contribution is 7.16. The van der Waals surface area contributed by atoms with E-state index in [2.05, 4.69) is 35.4 Å². The lowest BCUT2D eigenvalue weighted by Gasteiger charge is -2.18. The van der Waals surface area contributed by atoms with E-state index in [1.54, 1.807) is 6.07 Å². The highest BCUT2D eigenvalue weighted by atomic mass is 32.1. The molecule has 4 rings (SSSR count). The van der Waals surface area contributed by atoms with Crippen molar-refractivity contribution < 1.29 is 14.6 Å². The molecule has 4 aromatic rings. The summed E-state index contributed by atoms with van der Waals surface area (Å²) in [5, 5.41) is 13.4. The first-order valence-corrected chi connectivity index (χ1v) is 13.8. The minimum Gasteiger partial charge on any atom is -0.506 e. The molecule has 0 saturated carbocycles. The largest absolute Gasteiger partial charge is 0.506 e. The van der Waals surface area contributed by atoms with Crippen molar-refractivity contribution in [2.75, 3.05) is 19.7 Å². The minimum atomic E-state index is -0.135. The number of aromatic hydroxyl groups is 1. The van der Waals surface area contributed by atoms with Crippen molar-refractivity contribution in [3.63, 3.8) is 0 Å². The van der Waals surface area contributed by atoms with Gasteiger partial charge >= 0.3 is 4.87 Å². The first-order chi connectivity index (χ1) is 18.1. The van der Waals surface area contributed by atoms with Gasteiger partial charge in [-0.2, -0.15) is 0 Å². The van der Waals surface area contributed by atoms with Crippen molar-refractivity contribution in [1.82, 2.24) is 10.3 Å². The summed E-state index contributed by atoms with van der Waals surface area (Å²) >= 11 is 1.16. The normalized spacial score (nSPS) is 12.1. The maximum absolute atomic E-state index is 11.6. The average Bonchev–Trinajstić information content (AvgIpc) is 3.33. The van der Waals surface area contributed by atoms with Gasteiger partial charge in [0.25, 0.3) is 0 Å². The summed E-state index contributed by atoms with van der Waals surface area (Å²) in [6.45, 7) is 5.18. The zero-order valence-electron chi connectivity index (χ0n) is 21.4. The number of hydrogen-bond donors (Lipinski definition) is 3. The third-order valence-electron chi connectivity index (χ3n) is 6.42. The van der Waals surface area contributed by atoms with E-state index in [0.717, 1.165) is 90.3 Å². The number of phenolic OH excluding ortho intramolecular Hbond substituents is 1. The molecule has 1 aromatic heterocycles. The summed E-state index contributed by atoms with van der Waals surface area (Å²) in [5.41, 5.74) is 3.87. The number of thiazole rings is 1. The lowest BCUT2D eigenvalue weighted by Crippen LogP contribution is -2.18. The first kappa shape index (κ1) is 26.9. The first-order valence-electron chi connectivity index (χ1n) is 13.0. The number of ether oxygens (including phenoxy) is 2. The third kappa shape index (κ3) is 7.92. The van der Waals surface area contributed by atoms with Gasteiger partial charge in [-0.05, 0) is 62.5 Å². The van der Waals surface area contributed by atoms with Crippen LogP contribution in [0.3, 0.4) is 0 Å². The molecule has 1 unspecified atom stereocenters. The Morgan fingerprint density at radius 1 is 0.946 bits per heavy atom. The molecule has 0 bridgehead atoms. The maximum atomic E-state index is 11.6. The molecule has 1 atom stereocenters. The summed E-state index contributed by atoms with van der Waals surface area (Å²) < 4.78 is 13.1. The van der Waals surface area contributed by atoms with Gasteiger partial charge in [0, 0.05) is 12.2 Å². The standard InChI is InChI=1S/C30H36N2O4S/c1-22(25-13-7-8-14-27(25)36-21-23-11-5-4-6-12-23)35-20-10-3-2-9-18-31-19-17-24-15-16-26(33)28-29(24)37-30(34)32-28/h4-8,11-16,22,31,33H,2-3,9-10,17-21H2,1H3,(H,32,34). The van der Waals surface area contributed by atoms with Crippen LogP contribution in [0.5, 0.6) is 11.5 Å². The number of aromatic amines is 1. The molecule has 0 fully saturated rings. The Morgan fingerprint density at radius 2 is 1.73 bits per heavy atom. The van der Waals surface area contributed by atoms with Gasteiger partial charge in [-0.25, -0.2) is 0 Å². The SMILES string of the molecule is CC(OCCCCCCNCCc1ccc(O)c2[nH]c(=O)sc12)c1ccccc1OCc1ccccc1. The number of phenols is 1. The van der Waals surface area contributed by atoms with E-state index >= 15 is 0 Å². The van der Waals surface area contributed by atoms with Crippen LogP contribution < -0.4 is 14.9 Å². The topological polar surface area (TPSA) is 83.6 Å². The second kappa shape index (κ2) is 14.0. The van der Waals surface area contributed by atoms with E-state index in [1.165, 1.54) is 0 Å². The van der Waals surface area contributed by atoms with Crippen LogP contribution in [0.15, 0.2) is 71.5 Å². The quantitative estimate of drug-likeness (QED) is 0.159. The van der Waals surface area contributed by atoms with Gasteiger partial charge < -0.3 is 24.9 Å². The Morgan fingerprint density at radius 3 is 2.59 bits per heavy atom. The van der Waals surface area contributed by atoms with Crippen molar-refractivity contribution in [2.24, 2.45) is 0 Å². The van der Waals surface area contributed by atoms with E-state index in [0.29, 0.717) is 12.1 Å². The molecular formula is C30H36N2O4S. The molecule has 0 radical (unpaired) electrons. The summed E-state index contributed by atoms with van der Waals surface area (Å²) in [6, 6.07) is 21.9. The van der Waals surface area contributed by atoms with Gasteiger partial charge in [0.1, 0.15) is 23.6 Å². The number of benzene rings is 3. The second-order valence-corrected chi connectivity index (χ2v) is 10.2. The van der Waals surface area contributed by atoms with Crippen molar-refractivity contribution in [3.8, 4) is 11.5 Å². The van der Waals surface area contributed by atoms with Crippen LogP contribution in [-0.2, 0) is 17.8 Å². The van der Waals surface area contributed by atoms with Gasteiger partial charge in [-0.3, -0.25) is 4.79 Å². The molecule has 0 aliphatic rings. The summed E-state index contributed by atoms with van der Waals surface area (Å²) in [6.07, 6.45) is 5.26. The number of unbranched alkanes of at least 4 members (excludes halogenated alkanes) is 3. The molecule has 37 heavy (non-hydrogen) atoms. The van der Waals surface area contributed by atoms with Gasteiger partial charge in [-0.1, -0.05) is 78.8 Å². The molecule has 6 nitrogen and oxygen atoms in total. The monoisotopic (exact) mass is 520 g/mol. The molecule has 0 spiro atoms. The smallest absolute Gasteiger partial charge is 0.305 e. The predicted molar refractivity (Wildman–Crippen MR) is 151 cm³/mol. The van der Waals surface area contributed by atoms with Crippen LogP contribution in [0.1, 0.15) is 55.4 Å². The third-order valence-corrected chi connectivity index (χ3v) is 7.38. The van der Waals surface area contributed by atoms with Crippen LogP contribution >= 0.6 is 11.3 Å². The summed E-state index contributed by atoms with van der Waals surface area (Å²) in [5.74, 6) is 1.01. The van der Waals surface area contributed by atoms with E-state index in [4.69, 9.17) is 9.47 Å². The fourth-order valence-electron chi connectivity index (χ4n) is 4.36. The van der Waals surface area contributed by atoms with Crippen molar-refractivity contribution in [3.05, 3.63) is 93.1 Å². The fraction of sp³-hybridized carbons (Fsp3) is 0.367. The van der Waals surface area contributed by atoms with Crippen LogP contribution in [0.4, 0.5) is 0 Å². The van der Waals surface area contributed by atoms with Gasteiger partial charge in [0.2, 0.25) is 0 Å². The molecule has 0 saturated heterocycles. The van der Waals surface area contributed by atoms with Gasteiger partial charge in [0.15, 0.2) is 0 Å². The average molecular weight is 521 g/mol. The molecule has 1 heterocycles. The molecule has 196 valence electrons. The van der Waals surface area contributed by atoms with E-state index in [1.807, 2.05) is 42.5 Å². The Kier molecular flexibility index (Phi) is 10.2. The number of nitrogens with one attached hydrogen (secondary N) is 2.